The minimum Gasteiger partial charge on any atom is -0.497 e. The van der Waals surface area contributed by atoms with Crippen molar-refractivity contribution in [2.75, 3.05) is 20.3 Å². The molecule has 0 fully saturated rings. The van der Waals surface area contributed by atoms with E-state index in [0.717, 1.165) is 5.39 Å². The molecule has 2 heterocycles. The number of esters is 2. The van der Waals surface area contributed by atoms with Crippen molar-refractivity contribution in [3.05, 3.63) is 52.5 Å². The number of rotatable bonds is 8. The van der Waals surface area contributed by atoms with Gasteiger partial charge in [-0.1, -0.05) is 0 Å². The van der Waals surface area contributed by atoms with Crippen LogP contribution in [0.2, 0.25) is 0 Å². The molecule has 1 aromatic carbocycles. The molecule has 158 valence electrons. The highest BCUT2D eigenvalue weighted by Crippen LogP contribution is 2.26. The van der Waals surface area contributed by atoms with Crippen LogP contribution in [0.3, 0.4) is 0 Å². The van der Waals surface area contributed by atoms with Gasteiger partial charge in [0.25, 0.3) is 0 Å². The third-order valence-corrected chi connectivity index (χ3v) is 4.70. The molecule has 0 saturated heterocycles. The van der Waals surface area contributed by atoms with Crippen molar-refractivity contribution < 1.29 is 33.0 Å². The largest absolute Gasteiger partial charge is 0.497 e. The number of methoxy groups -OCH3 is 1. The van der Waals surface area contributed by atoms with Gasteiger partial charge in [-0.3, -0.25) is 9.59 Å². The van der Waals surface area contributed by atoms with Gasteiger partial charge < -0.3 is 23.6 Å². The molecule has 0 bridgehead atoms. The summed E-state index contributed by atoms with van der Waals surface area (Å²) in [5.41, 5.74) is 2.63. The Bertz CT molecular complexity index is 1110. The number of aryl methyl sites for hydroxylation is 2. The van der Waals surface area contributed by atoms with Crippen LogP contribution in [0.15, 0.2) is 28.9 Å². The summed E-state index contributed by atoms with van der Waals surface area (Å²) in [6.45, 7) is 4.76. The van der Waals surface area contributed by atoms with E-state index in [2.05, 4.69) is 4.98 Å². The topological polar surface area (TPSA) is 108 Å². The number of aromatic amines is 1. The molecule has 1 N–H and O–H groups in total. The second-order valence-corrected chi connectivity index (χ2v) is 6.73. The lowest BCUT2D eigenvalue weighted by Crippen LogP contribution is -2.19. The van der Waals surface area contributed by atoms with Crippen LogP contribution in [-0.2, 0) is 20.7 Å². The first-order valence-corrected chi connectivity index (χ1v) is 9.44. The van der Waals surface area contributed by atoms with Gasteiger partial charge in [0.15, 0.2) is 6.61 Å². The molecule has 2 aromatic heterocycles. The number of furan rings is 1. The number of hydrogen-bond donors (Lipinski definition) is 1. The molecule has 0 amide bonds. The van der Waals surface area contributed by atoms with E-state index >= 15 is 0 Å². The standard InChI is InChI=1S/C22H23NO7/c1-5-28-22(26)21-13(3)23-12(2)20(21)17(24)11-30-19(25)8-14-10-29-18-9-15(27-4)6-7-16(14)18/h6-7,9-10,23H,5,8,11H2,1-4H3. The van der Waals surface area contributed by atoms with Gasteiger partial charge in [0.2, 0.25) is 5.78 Å². The summed E-state index contributed by atoms with van der Waals surface area (Å²) in [5.74, 6) is -1.00. The zero-order valence-corrected chi connectivity index (χ0v) is 17.3. The molecule has 0 aliphatic rings. The number of Topliss-reactive ketones (excluding diaryl/α,β-unsaturated/α-hetero) is 1. The average molecular weight is 413 g/mol. The average Bonchev–Trinajstić information content (AvgIpc) is 3.25. The van der Waals surface area contributed by atoms with Gasteiger partial charge in [-0.2, -0.15) is 0 Å². The van der Waals surface area contributed by atoms with Crippen molar-refractivity contribution in [3.8, 4) is 5.75 Å². The number of H-pyrrole nitrogens is 1. The molecule has 0 atom stereocenters. The van der Waals surface area contributed by atoms with Crippen molar-refractivity contribution in [2.24, 2.45) is 0 Å². The summed E-state index contributed by atoms with van der Waals surface area (Å²) < 4.78 is 20.8. The number of carbonyl (C=O) groups excluding carboxylic acids is 3. The van der Waals surface area contributed by atoms with Crippen molar-refractivity contribution in [3.63, 3.8) is 0 Å². The monoisotopic (exact) mass is 413 g/mol. The Balaban J connectivity index is 1.68. The van der Waals surface area contributed by atoms with E-state index < -0.39 is 24.3 Å². The summed E-state index contributed by atoms with van der Waals surface area (Å²) in [4.78, 5) is 40.1. The third-order valence-electron chi connectivity index (χ3n) is 4.70. The lowest BCUT2D eigenvalue weighted by molar-refractivity contribution is -0.141. The van der Waals surface area contributed by atoms with Gasteiger partial charge in [-0.15, -0.1) is 0 Å². The Labute approximate surface area is 173 Å². The number of ether oxygens (including phenoxy) is 3. The molecule has 8 heteroatoms. The zero-order valence-electron chi connectivity index (χ0n) is 17.3. The number of hydrogen-bond acceptors (Lipinski definition) is 7. The number of benzene rings is 1. The summed E-state index contributed by atoms with van der Waals surface area (Å²) >= 11 is 0. The molecule has 3 aromatic rings. The van der Waals surface area contributed by atoms with Crippen LogP contribution in [0, 0.1) is 13.8 Å². The fraction of sp³-hybridized carbons (Fsp3) is 0.318. The first kappa shape index (κ1) is 21.2. The predicted octanol–water partition coefficient (Wildman–Crippen LogP) is 3.53. The second kappa shape index (κ2) is 8.86. The zero-order chi connectivity index (χ0) is 21.8. The van der Waals surface area contributed by atoms with Gasteiger partial charge in [-0.05, 0) is 32.9 Å². The van der Waals surface area contributed by atoms with E-state index in [9.17, 15) is 14.4 Å². The molecule has 0 aliphatic carbocycles. The van der Waals surface area contributed by atoms with Gasteiger partial charge in [0.05, 0.1) is 37.5 Å². The number of ketones is 1. The highest BCUT2D eigenvalue weighted by molar-refractivity contribution is 6.09. The fourth-order valence-electron chi connectivity index (χ4n) is 3.34. The van der Waals surface area contributed by atoms with Crippen LogP contribution in [0.5, 0.6) is 5.75 Å². The maximum Gasteiger partial charge on any atom is 0.340 e. The van der Waals surface area contributed by atoms with E-state index in [1.807, 2.05) is 0 Å². The van der Waals surface area contributed by atoms with Crippen LogP contribution >= 0.6 is 0 Å². The number of aromatic nitrogens is 1. The number of nitrogens with one attached hydrogen (secondary N) is 1. The Morgan fingerprint density at radius 1 is 1.07 bits per heavy atom. The fourth-order valence-corrected chi connectivity index (χ4v) is 3.34. The van der Waals surface area contributed by atoms with Crippen molar-refractivity contribution in [1.82, 2.24) is 4.98 Å². The summed E-state index contributed by atoms with van der Waals surface area (Å²) in [6.07, 6.45) is 1.42. The maximum atomic E-state index is 12.7. The summed E-state index contributed by atoms with van der Waals surface area (Å²) in [7, 11) is 1.56. The first-order valence-electron chi connectivity index (χ1n) is 9.44. The molecular weight excluding hydrogens is 390 g/mol. The lowest BCUT2D eigenvalue weighted by atomic mass is 10.1. The molecule has 0 aliphatic heterocycles. The van der Waals surface area contributed by atoms with E-state index in [-0.39, 0.29) is 24.2 Å². The van der Waals surface area contributed by atoms with Crippen LogP contribution in [0.1, 0.15) is 44.6 Å². The van der Waals surface area contributed by atoms with Crippen molar-refractivity contribution in [2.45, 2.75) is 27.2 Å². The molecule has 3 rings (SSSR count). The predicted molar refractivity (Wildman–Crippen MR) is 108 cm³/mol. The lowest BCUT2D eigenvalue weighted by Gasteiger charge is -2.07. The molecule has 0 spiro atoms. The van der Waals surface area contributed by atoms with Gasteiger partial charge in [0.1, 0.15) is 11.3 Å². The minimum atomic E-state index is -0.589. The van der Waals surface area contributed by atoms with Crippen LogP contribution in [-0.4, -0.2) is 43.0 Å². The molecule has 8 nitrogen and oxygen atoms in total. The SMILES string of the molecule is CCOC(=O)c1c(C)[nH]c(C)c1C(=O)COC(=O)Cc1coc2cc(OC)ccc12. The van der Waals surface area contributed by atoms with Crippen LogP contribution in [0.25, 0.3) is 11.0 Å². The Morgan fingerprint density at radius 2 is 1.80 bits per heavy atom. The molecule has 30 heavy (non-hydrogen) atoms. The van der Waals surface area contributed by atoms with E-state index in [0.29, 0.717) is 28.3 Å². The summed E-state index contributed by atoms with van der Waals surface area (Å²) in [6, 6.07) is 5.29. The number of carbonyl (C=O) groups is 3. The highest BCUT2D eigenvalue weighted by atomic mass is 16.5. The minimum absolute atomic E-state index is 0.0531. The Hall–Kier alpha value is -3.55. The Morgan fingerprint density at radius 3 is 2.50 bits per heavy atom. The maximum absolute atomic E-state index is 12.7. The van der Waals surface area contributed by atoms with E-state index in [1.54, 1.807) is 46.1 Å². The first-order chi connectivity index (χ1) is 14.3. The van der Waals surface area contributed by atoms with Crippen molar-refractivity contribution in [1.29, 1.82) is 0 Å². The van der Waals surface area contributed by atoms with Gasteiger partial charge >= 0.3 is 11.9 Å². The van der Waals surface area contributed by atoms with Gasteiger partial charge in [-0.25, -0.2) is 4.79 Å². The van der Waals surface area contributed by atoms with E-state index in [1.165, 1.54) is 6.26 Å². The molecular formula is C22H23NO7. The quantitative estimate of drug-likeness (QED) is 0.444. The molecule has 0 saturated carbocycles. The van der Waals surface area contributed by atoms with Crippen molar-refractivity contribution >= 4 is 28.7 Å². The van der Waals surface area contributed by atoms with Crippen LogP contribution < -0.4 is 4.74 Å². The highest BCUT2D eigenvalue weighted by Gasteiger charge is 2.26. The van der Waals surface area contributed by atoms with Crippen LogP contribution in [0.4, 0.5) is 0 Å². The van der Waals surface area contributed by atoms with E-state index in [4.69, 9.17) is 18.6 Å². The molecule has 0 unspecified atom stereocenters. The normalized spacial score (nSPS) is 10.8. The number of fused-ring (bicyclic) bond motifs is 1. The van der Waals surface area contributed by atoms with Gasteiger partial charge in [0, 0.05) is 28.4 Å². The smallest absolute Gasteiger partial charge is 0.340 e. The second-order valence-electron chi connectivity index (χ2n) is 6.73. The third kappa shape index (κ3) is 4.22. The Kier molecular flexibility index (Phi) is 6.25. The molecule has 0 radical (unpaired) electrons. The summed E-state index contributed by atoms with van der Waals surface area (Å²) in [5, 5.41) is 0.765.